The number of hydrogen-bond acceptors (Lipinski definition) is 4. The molecule has 0 aliphatic rings. The summed E-state index contributed by atoms with van der Waals surface area (Å²) < 4.78 is 5.53. The van der Waals surface area contributed by atoms with E-state index in [1.807, 2.05) is 25.1 Å². The van der Waals surface area contributed by atoms with Crippen LogP contribution < -0.4 is 4.74 Å². The maximum absolute atomic E-state index is 12.1. The first-order chi connectivity index (χ1) is 13.1. The Morgan fingerprint density at radius 2 is 1.78 bits per heavy atom. The molecule has 0 saturated heterocycles. The molecule has 5 heteroatoms. The molecule has 0 aliphatic carbocycles. The SMILES string of the molecule is CCCCCCCc1ncc(-c2ccccc2OC(=O)CC(Cl)CC)cn1. The van der Waals surface area contributed by atoms with E-state index in [2.05, 4.69) is 16.9 Å². The Hall–Kier alpha value is -1.94. The normalized spacial score (nSPS) is 12.0. The molecule has 0 aliphatic heterocycles. The van der Waals surface area contributed by atoms with Gasteiger partial charge in [-0.3, -0.25) is 4.79 Å². The number of halogens is 1. The molecule has 4 nitrogen and oxygen atoms in total. The van der Waals surface area contributed by atoms with Crippen molar-refractivity contribution in [2.75, 3.05) is 0 Å². The van der Waals surface area contributed by atoms with E-state index in [0.717, 1.165) is 36.2 Å². The van der Waals surface area contributed by atoms with Crippen LogP contribution in [0, 0.1) is 0 Å². The Balaban J connectivity index is 2.00. The van der Waals surface area contributed by atoms with Gasteiger partial charge in [0.1, 0.15) is 11.6 Å². The van der Waals surface area contributed by atoms with E-state index in [1.165, 1.54) is 25.7 Å². The van der Waals surface area contributed by atoms with Gasteiger partial charge in [-0.05, 0) is 18.9 Å². The minimum atomic E-state index is -0.325. The fourth-order valence-electron chi connectivity index (χ4n) is 2.79. The summed E-state index contributed by atoms with van der Waals surface area (Å²) in [4.78, 5) is 21.0. The number of hydrogen-bond donors (Lipinski definition) is 0. The van der Waals surface area contributed by atoms with Gasteiger partial charge in [0.05, 0.1) is 6.42 Å². The quantitative estimate of drug-likeness (QED) is 0.206. The number of esters is 1. The highest BCUT2D eigenvalue weighted by atomic mass is 35.5. The highest BCUT2D eigenvalue weighted by Gasteiger charge is 2.14. The van der Waals surface area contributed by atoms with Gasteiger partial charge in [-0.1, -0.05) is 57.7 Å². The van der Waals surface area contributed by atoms with Crippen LogP contribution >= 0.6 is 11.6 Å². The van der Waals surface area contributed by atoms with Crippen molar-refractivity contribution < 1.29 is 9.53 Å². The molecule has 0 N–H and O–H groups in total. The highest BCUT2D eigenvalue weighted by Crippen LogP contribution is 2.29. The van der Waals surface area contributed by atoms with Crippen LogP contribution in [0.15, 0.2) is 36.7 Å². The van der Waals surface area contributed by atoms with E-state index in [-0.39, 0.29) is 17.8 Å². The second kappa shape index (κ2) is 11.7. The van der Waals surface area contributed by atoms with Crippen molar-refractivity contribution in [3.05, 3.63) is 42.5 Å². The molecule has 0 amide bonds. The second-order valence-electron chi connectivity index (χ2n) is 6.73. The number of nitrogens with zero attached hydrogens (tertiary/aromatic N) is 2. The first-order valence-electron chi connectivity index (χ1n) is 9.89. The first kappa shape index (κ1) is 21.4. The van der Waals surface area contributed by atoms with E-state index in [0.29, 0.717) is 5.75 Å². The molecule has 0 bridgehead atoms. The summed E-state index contributed by atoms with van der Waals surface area (Å²) in [5.41, 5.74) is 1.65. The fourth-order valence-corrected chi connectivity index (χ4v) is 2.92. The van der Waals surface area contributed by atoms with Crippen molar-refractivity contribution >= 4 is 17.6 Å². The molecule has 27 heavy (non-hydrogen) atoms. The van der Waals surface area contributed by atoms with Crippen molar-refractivity contribution in [1.82, 2.24) is 9.97 Å². The van der Waals surface area contributed by atoms with Crippen LogP contribution in [0.5, 0.6) is 5.75 Å². The fraction of sp³-hybridized carbons (Fsp3) is 0.500. The van der Waals surface area contributed by atoms with Crippen molar-refractivity contribution in [3.63, 3.8) is 0 Å². The van der Waals surface area contributed by atoms with E-state index in [1.54, 1.807) is 18.5 Å². The molecule has 146 valence electrons. The minimum absolute atomic E-state index is 0.194. The number of aromatic nitrogens is 2. The standard InChI is InChI=1S/C22H29ClN2O2/c1-3-5-6-7-8-13-21-24-15-17(16-25-21)19-11-9-10-12-20(19)27-22(26)14-18(23)4-2/h9-12,15-16,18H,3-8,13-14H2,1-2H3. The third kappa shape index (κ3) is 7.30. The molecular formula is C22H29ClN2O2. The summed E-state index contributed by atoms with van der Waals surface area (Å²) in [5.74, 6) is 1.05. The number of alkyl halides is 1. The van der Waals surface area contributed by atoms with Crippen molar-refractivity contribution in [2.24, 2.45) is 0 Å². The summed E-state index contributed by atoms with van der Waals surface area (Å²) in [5, 5.41) is -0.204. The van der Waals surface area contributed by atoms with Crippen molar-refractivity contribution in [1.29, 1.82) is 0 Å². The van der Waals surface area contributed by atoms with Gasteiger partial charge in [-0.2, -0.15) is 0 Å². The number of benzene rings is 1. The number of carbonyl (C=O) groups is 1. The largest absolute Gasteiger partial charge is 0.426 e. The first-order valence-corrected chi connectivity index (χ1v) is 10.3. The zero-order valence-electron chi connectivity index (χ0n) is 16.3. The van der Waals surface area contributed by atoms with Crippen LogP contribution in [0.1, 0.15) is 64.6 Å². The summed E-state index contributed by atoms with van der Waals surface area (Å²) in [6.07, 6.45) is 11.6. The van der Waals surface area contributed by atoms with Crippen LogP contribution in [0.2, 0.25) is 0 Å². The lowest BCUT2D eigenvalue weighted by Gasteiger charge is -2.11. The van der Waals surface area contributed by atoms with Crippen LogP contribution in [-0.4, -0.2) is 21.3 Å². The van der Waals surface area contributed by atoms with E-state index >= 15 is 0 Å². The van der Waals surface area contributed by atoms with Crippen LogP contribution in [0.4, 0.5) is 0 Å². The van der Waals surface area contributed by atoms with Crippen LogP contribution in [0.25, 0.3) is 11.1 Å². The third-order valence-corrected chi connectivity index (χ3v) is 4.93. The topological polar surface area (TPSA) is 52.1 Å². The van der Waals surface area contributed by atoms with Gasteiger partial charge in [-0.15, -0.1) is 11.6 Å². The van der Waals surface area contributed by atoms with Gasteiger partial charge in [-0.25, -0.2) is 9.97 Å². The molecule has 2 rings (SSSR count). The van der Waals surface area contributed by atoms with E-state index in [9.17, 15) is 4.79 Å². The molecule has 0 spiro atoms. The lowest BCUT2D eigenvalue weighted by Crippen LogP contribution is -2.14. The molecular weight excluding hydrogens is 360 g/mol. The number of aryl methyl sites for hydroxylation is 1. The predicted octanol–water partition coefficient (Wildman–Crippen LogP) is 5.97. The lowest BCUT2D eigenvalue weighted by molar-refractivity contribution is -0.134. The van der Waals surface area contributed by atoms with E-state index in [4.69, 9.17) is 16.3 Å². The van der Waals surface area contributed by atoms with Gasteiger partial charge < -0.3 is 4.74 Å². The number of unbranched alkanes of at least 4 members (excludes halogenated alkanes) is 4. The molecule has 1 aromatic carbocycles. The minimum Gasteiger partial charge on any atom is -0.426 e. The Morgan fingerprint density at radius 3 is 2.48 bits per heavy atom. The second-order valence-corrected chi connectivity index (χ2v) is 7.35. The summed E-state index contributed by atoms with van der Waals surface area (Å²) in [6.45, 7) is 4.16. The van der Waals surface area contributed by atoms with Gasteiger partial charge >= 0.3 is 5.97 Å². The highest BCUT2D eigenvalue weighted by molar-refractivity contribution is 6.21. The maximum atomic E-state index is 12.1. The molecule has 1 heterocycles. The Labute approximate surface area is 167 Å². The van der Waals surface area contributed by atoms with Gasteiger partial charge in [0.15, 0.2) is 0 Å². The molecule has 1 aromatic heterocycles. The number of rotatable bonds is 11. The average molecular weight is 389 g/mol. The Kier molecular flexibility index (Phi) is 9.26. The molecule has 0 fully saturated rings. The Bertz CT molecular complexity index is 704. The van der Waals surface area contributed by atoms with Crippen LogP contribution in [0.3, 0.4) is 0 Å². The Morgan fingerprint density at radius 1 is 1.07 bits per heavy atom. The van der Waals surface area contributed by atoms with Gasteiger partial charge in [0.25, 0.3) is 0 Å². The zero-order valence-corrected chi connectivity index (χ0v) is 17.0. The zero-order chi connectivity index (χ0) is 19.5. The lowest BCUT2D eigenvalue weighted by atomic mass is 10.1. The number of carbonyl (C=O) groups excluding carboxylic acids is 1. The number of para-hydroxylation sites is 1. The summed E-state index contributed by atoms with van der Waals surface area (Å²) >= 11 is 6.05. The van der Waals surface area contributed by atoms with Crippen LogP contribution in [-0.2, 0) is 11.2 Å². The van der Waals surface area contributed by atoms with Gasteiger partial charge in [0, 0.05) is 35.3 Å². The predicted molar refractivity (Wildman–Crippen MR) is 110 cm³/mol. The smallest absolute Gasteiger partial charge is 0.312 e. The monoisotopic (exact) mass is 388 g/mol. The molecule has 1 unspecified atom stereocenters. The van der Waals surface area contributed by atoms with E-state index < -0.39 is 0 Å². The van der Waals surface area contributed by atoms with Crippen molar-refractivity contribution in [2.45, 2.75) is 70.6 Å². The molecule has 1 atom stereocenters. The molecule has 2 aromatic rings. The maximum Gasteiger partial charge on any atom is 0.312 e. The summed E-state index contributed by atoms with van der Waals surface area (Å²) in [7, 11) is 0. The average Bonchev–Trinajstić information content (AvgIpc) is 2.68. The third-order valence-electron chi connectivity index (χ3n) is 4.46. The van der Waals surface area contributed by atoms with Gasteiger partial charge in [0.2, 0.25) is 0 Å². The summed E-state index contributed by atoms with van der Waals surface area (Å²) in [6, 6.07) is 7.44. The number of ether oxygens (including phenoxy) is 1. The van der Waals surface area contributed by atoms with Crippen molar-refractivity contribution in [3.8, 4) is 16.9 Å². The molecule has 0 radical (unpaired) electrons. The molecule has 0 saturated carbocycles.